The van der Waals surface area contributed by atoms with Crippen LogP contribution in [-0.2, 0) is 25.3 Å². The molecule has 1 atom stereocenters. The molecule has 0 radical (unpaired) electrons. The van der Waals surface area contributed by atoms with Crippen molar-refractivity contribution in [3.63, 3.8) is 0 Å². The number of rotatable bonds is 4. The zero-order valence-corrected chi connectivity index (χ0v) is 19.3. The monoisotopic (exact) mass is 518 g/mol. The Morgan fingerprint density at radius 1 is 1.26 bits per heavy atom. The normalized spacial score (nSPS) is 18.6. The first-order chi connectivity index (χ1) is 15.9. The van der Waals surface area contributed by atoms with Gasteiger partial charge in [-0.25, -0.2) is 17.2 Å². The highest BCUT2D eigenvalue weighted by molar-refractivity contribution is 7.90. The predicted octanol–water partition coefficient (Wildman–Crippen LogP) is 3.80. The van der Waals surface area contributed by atoms with Gasteiger partial charge in [-0.3, -0.25) is 5.32 Å². The number of nitrogens with zero attached hydrogens (tertiary/aromatic N) is 1. The maximum Gasteiger partial charge on any atom is 0.491 e. The Kier molecular flexibility index (Phi) is 5.95. The number of hydrogen-bond acceptors (Lipinski definition) is 7. The van der Waals surface area contributed by atoms with Crippen molar-refractivity contribution in [2.45, 2.75) is 23.7 Å². The molecule has 1 unspecified atom stereocenters. The Morgan fingerprint density at radius 3 is 2.62 bits per heavy atom. The van der Waals surface area contributed by atoms with Gasteiger partial charge in [0.25, 0.3) is 10.0 Å². The number of esters is 1. The van der Waals surface area contributed by atoms with Crippen LogP contribution in [0.3, 0.4) is 0 Å². The Balaban J connectivity index is 2.00. The van der Waals surface area contributed by atoms with Crippen LogP contribution in [0.15, 0.2) is 47.5 Å². The number of benzene rings is 2. The van der Waals surface area contributed by atoms with Crippen molar-refractivity contribution in [3.05, 3.63) is 53.2 Å². The third-order valence-electron chi connectivity index (χ3n) is 5.29. The minimum absolute atomic E-state index is 0.0139. The first-order valence-electron chi connectivity index (χ1n) is 9.81. The molecule has 8 nitrogen and oxygen atoms in total. The summed E-state index contributed by atoms with van der Waals surface area (Å²) in [5, 5.41) is 2.90. The summed E-state index contributed by atoms with van der Waals surface area (Å²) in [6, 6.07) is 8.56. The molecule has 0 aliphatic carbocycles. The number of carbonyl (C=O) groups is 1. The zero-order valence-electron chi connectivity index (χ0n) is 17.8. The van der Waals surface area contributed by atoms with E-state index in [1.807, 2.05) is 0 Å². The molecule has 1 aliphatic heterocycles. The summed E-state index contributed by atoms with van der Waals surface area (Å²) in [6.07, 6.45) is -4.03. The maximum absolute atomic E-state index is 13.4. The molecule has 0 saturated heterocycles. The van der Waals surface area contributed by atoms with Gasteiger partial charge in [-0.1, -0.05) is 23.7 Å². The minimum Gasteiger partial charge on any atom is -0.493 e. The summed E-state index contributed by atoms with van der Waals surface area (Å²) in [4.78, 5) is 11.6. The predicted molar refractivity (Wildman–Crippen MR) is 116 cm³/mol. The molecule has 0 fully saturated rings. The molecule has 1 N–H and O–H groups in total. The molecule has 1 aromatic heterocycles. The summed E-state index contributed by atoms with van der Waals surface area (Å²) in [5.74, 6) is -2.37. The van der Waals surface area contributed by atoms with Crippen molar-refractivity contribution in [1.82, 2.24) is 9.29 Å². The first kappa shape index (κ1) is 24.2. The Labute approximate surface area is 197 Å². The van der Waals surface area contributed by atoms with Gasteiger partial charge in [-0.05, 0) is 25.1 Å². The van der Waals surface area contributed by atoms with Crippen molar-refractivity contribution in [1.29, 1.82) is 0 Å². The van der Waals surface area contributed by atoms with E-state index in [0.29, 0.717) is 0 Å². The van der Waals surface area contributed by atoms with Crippen LogP contribution in [0.4, 0.5) is 13.2 Å². The maximum atomic E-state index is 13.4. The lowest BCUT2D eigenvalue weighted by Crippen LogP contribution is -2.46. The van der Waals surface area contributed by atoms with Crippen LogP contribution in [0.2, 0.25) is 5.02 Å². The van der Waals surface area contributed by atoms with E-state index in [2.05, 4.69) is 5.32 Å². The van der Waals surface area contributed by atoms with E-state index in [1.165, 1.54) is 50.6 Å². The highest BCUT2D eigenvalue weighted by Gasteiger charge is 2.48. The highest BCUT2D eigenvalue weighted by atomic mass is 35.5. The van der Waals surface area contributed by atoms with Gasteiger partial charge in [0.15, 0.2) is 17.2 Å². The van der Waals surface area contributed by atoms with Crippen LogP contribution in [-0.4, -0.2) is 44.8 Å². The number of nitrogens with one attached hydrogen (secondary N) is 1. The average molecular weight is 519 g/mol. The number of hydrogen-bond donors (Lipinski definition) is 1. The molecule has 2 aromatic carbocycles. The van der Waals surface area contributed by atoms with Gasteiger partial charge in [0.1, 0.15) is 11.5 Å². The number of aromatic nitrogens is 1. The smallest absolute Gasteiger partial charge is 0.491 e. The molecule has 13 heteroatoms. The molecule has 182 valence electrons. The standard InChI is InChI=1S/C21H18ClF3N2O6S/c1-20(33-19(28)21(23,24)25)17-12-7-9-27(34(29,30)16-6-4-3-5-13(16)22)14(12)11-15(31-2)18(17)32-10-8-26-20/h3-7,9,11,26H,8,10H2,1-2H3. The Bertz CT molecular complexity index is 1390. The van der Waals surface area contributed by atoms with Crippen molar-refractivity contribution >= 4 is 38.5 Å². The third kappa shape index (κ3) is 3.95. The quantitative estimate of drug-likeness (QED) is 0.525. The topological polar surface area (TPSA) is 95.9 Å². The molecule has 4 rings (SSSR count). The zero-order chi connectivity index (χ0) is 24.9. The lowest BCUT2D eigenvalue weighted by atomic mass is 9.98. The second-order valence-electron chi connectivity index (χ2n) is 7.46. The van der Waals surface area contributed by atoms with E-state index >= 15 is 0 Å². The van der Waals surface area contributed by atoms with Gasteiger partial charge in [0, 0.05) is 24.2 Å². The van der Waals surface area contributed by atoms with E-state index in [0.717, 1.165) is 3.97 Å². The number of fused-ring (bicyclic) bond motifs is 3. The van der Waals surface area contributed by atoms with E-state index in [1.54, 1.807) is 6.07 Å². The largest absolute Gasteiger partial charge is 0.493 e. The van der Waals surface area contributed by atoms with Crippen LogP contribution in [0.25, 0.3) is 10.9 Å². The van der Waals surface area contributed by atoms with Crippen LogP contribution in [0.5, 0.6) is 11.5 Å². The van der Waals surface area contributed by atoms with Crippen molar-refractivity contribution in [2.75, 3.05) is 20.3 Å². The van der Waals surface area contributed by atoms with Crippen LogP contribution >= 0.6 is 11.6 Å². The molecule has 0 bridgehead atoms. The van der Waals surface area contributed by atoms with Crippen LogP contribution < -0.4 is 14.8 Å². The number of carbonyl (C=O) groups excluding carboxylic acids is 1. The third-order valence-corrected chi connectivity index (χ3v) is 7.48. The van der Waals surface area contributed by atoms with Crippen molar-refractivity contribution in [2.24, 2.45) is 0 Å². The molecular formula is C21H18ClF3N2O6S. The van der Waals surface area contributed by atoms with Gasteiger partial charge < -0.3 is 14.2 Å². The number of methoxy groups -OCH3 is 1. The van der Waals surface area contributed by atoms with E-state index in [-0.39, 0.29) is 51.0 Å². The summed E-state index contributed by atoms with van der Waals surface area (Å²) in [7, 11) is -2.93. The summed E-state index contributed by atoms with van der Waals surface area (Å²) in [6.45, 7) is 1.27. The molecule has 0 saturated carbocycles. The Morgan fingerprint density at radius 2 is 1.97 bits per heavy atom. The van der Waals surface area contributed by atoms with Crippen LogP contribution in [0, 0.1) is 0 Å². The fourth-order valence-corrected chi connectivity index (χ4v) is 5.65. The molecule has 3 aromatic rings. The summed E-state index contributed by atoms with van der Waals surface area (Å²) in [5.41, 5.74) is -1.99. The number of alkyl halides is 3. The number of ether oxygens (including phenoxy) is 3. The van der Waals surface area contributed by atoms with Crippen LogP contribution in [0.1, 0.15) is 12.5 Å². The molecular weight excluding hydrogens is 501 g/mol. The van der Waals surface area contributed by atoms with E-state index in [4.69, 9.17) is 25.8 Å². The minimum atomic E-state index is -5.25. The molecule has 34 heavy (non-hydrogen) atoms. The van der Waals surface area contributed by atoms with Gasteiger partial charge >= 0.3 is 12.1 Å². The Hall–Kier alpha value is -2.96. The summed E-state index contributed by atoms with van der Waals surface area (Å²) < 4.78 is 82.8. The number of halogens is 4. The lowest BCUT2D eigenvalue weighted by Gasteiger charge is -2.31. The van der Waals surface area contributed by atoms with Gasteiger partial charge in [0.2, 0.25) is 0 Å². The molecule has 0 spiro atoms. The molecule has 0 amide bonds. The van der Waals surface area contributed by atoms with E-state index in [9.17, 15) is 26.4 Å². The fourth-order valence-electron chi connectivity index (χ4n) is 3.81. The molecule has 1 aliphatic rings. The highest BCUT2D eigenvalue weighted by Crippen LogP contribution is 2.46. The van der Waals surface area contributed by atoms with Crippen molar-refractivity contribution in [3.8, 4) is 11.5 Å². The average Bonchev–Trinajstić information content (AvgIpc) is 3.11. The summed E-state index contributed by atoms with van der Waals surface area (Å²) >= 11 is 6.11. The van der Waals surface area contributed by atoms with Gasteiger partial charge in [-0.2, -0.15) is 13.2 Å². The van der Waals surface area contributed by atoms with Gasteiger partial charge in [0.05, 0.1) is 23.2 Å². The van der Waals surface area contributed by atoms with E-state index < -0.39 is 27.9 Å². The first-order valence-corrected chi connectivity index (χ1v) is 11.6. The second kappa shape index (κ2) is 8.36. The second-order valence-corrected chi connectivity index (χ2v) is 9.65. The van der Waals surface area contributed by atoms with Gasteiger partial charge in [-0.15, -0.1) is 0 Å². The lowest BCUT2D eigenvalue weighted by molar-refractivity contribution is -0.216. The SMILES string of the molecule is COc1cc2c(ccn2S(=O)(=O)c2ccccc2Cl)c2c1OCCNC2(C)OC(=O)C(F)(F)F. The fraction of sp³-hybridized carbons (Fsp3) is 0.286. The molecule has 2 heterocycles. The van der Waals surface area contributed by atoms with Crippen molar-refractivity contribution < 1.29 is 40.6 Å².